The summed E-state index contributed by atoms with van der Waals surface area (Å²) < 4.78 is 10.0. The molecule has 0 aromatic heterocycles. The minimum Gasteiger partial charge on any atom is -0.465 e. The van der Waals surface area contributed by atoms with Crippen LogP contribution >= 0.6 is 0 Å². The lowest BCUT2D eigenvalue weighted by Gasteiger charge is -2.19. The van der Waals surface area contributed by atoms with E-state index in [1.807, 2.05) is 0 Å². The highest BCUT2D eigenvalue weighted by Gasteiger charge is 2.34. The lowest BCUT2D eigenvalue weighted by molar-refractivity contribution is -0.159. The first-order valence-electron chi connectivity index (χ1n) is 8.90. The molecule has 0 aliphatic heterocycles. The van der Waals surface area contributed by atoms with Gasteiger partial charge in [0.2, 0.25) is 0 Å². The van der Waals surface area contributed by atoms with E-state index >= 15 is 0 Å². The molecule has 0 rings (SSSR count). The number of carbonyl (C=O) groups excluding carboxylic acids is 3. The van der Waals surface area contributed by atoms with Crippen molar-refractivity contribution in [1.82, 2.24) is 0 Å². The molecule has 0 aliphatic rings. The molecule has 0 radical (unpaired) electrons. The number of rotatable bonds is 12. The molecule has 0 heterocycles. The fourth-order valence-electron chi connectivity index (χ4n) is 2.45. The zero-order valence-corrected chi connectivity index (χ0v) is 15.8. The molecule has 0 atom stereocenters. The number of esters is 2. The van der Waals surface area contributed by atoms with Gasteiger partial charge < -0.3 is 9.47 Å². The number of Topliss-reactive ketones (excluding diaryl/α,β-unsaturated/α-hetero) is 1. The Morgan fingerprint density at radius 2 is 1.38 bits per heavy atom. The molecule has 0 fully saturated rings. The molecule has 0 bridgehead atoms. The van der Waals surface area contributed by atoms with Crippen molar-refractivity contribution in [2.45, 2.75) is 73.1 Å². The number of unbranched alkanes of at least 4 members (excludes halogenated alkanes) is 3. The van der Waals surface area contributed by atoms with Gasteiger partial charge >= 0.3 is 11.9 Å². The molecule has 0 aromatic carbocycles. The monoisotopic (exact) mass is 340 g/mol. The highest BCUT2D eigenvalue weighted by molar-refractivity contribution is 5.99. The Kier molecular flexibility index (Phi) is 11.9. The topological polar surface area (TPSA) is 69.7 Å². The van der Waals surface area contributed by atoms with E-state index < -0.39 is 17.9 Å². The van der Waals surface area contributed by atoms with Crippen molar-refractivity contribution in [2.75, 3.05) is 13.2 Å². The third-order valence-electron chi connectivity index (χ3n) is 3.73. The third-order valence-corrected chi connectivity index (χ3v) is 3.73. The number of allylic oxidation sites excluding steroid dienone is 1. The second-order valence-corrected chi connectivity index (χ2v) is 5.99. The first-order chi connectivity index (χ1) is 11.4. The summed E-state index contributed by atoms with van der Waals surface area (Å²) >= 11 is 0. The summed E-state index contributed by atoms with van der Waals surface area (Å²) in [6, 6.07) is 0. The van der Waals surface area contributed by atoms with Crippen LogP contribution < -0.4 is 0 Å². The van der Waals surface area contributed by atoms with Crippen molar-refractivity contribution >= 4 is 17.7 Å². The number of ketones is 1. The molecule has 0 unspecified atom stereocenters. The minimum atomic E-state index is -1.14. The molecular formula is C19H32O5. The Morgan fingerprint density at radius 1 is 0.833 bits per heavy atom. The third kappa shape index (κ3) is 8.27. The summed E-state index contributed by atoms with van der Waals surface area (Å²) in [5.41, 5.74) is 1.29. The van der Waals surface area contributed by atoms with E-state index in [9.17, 15) is 14.4 Å². The Bertz CT molecular complexity index is 429. The quantitative estimate of drug-likeness (QED) is 0.232. The molecule has 5 heteroatoms. The Balaban J connectivity index is 5.12. The van der Waals surface area contributed by atoms with Crippen LogP contribution in [0.5, 0.6) is 0 Å². The second-order valence-electron chi connectivity index (χ2n) is 5.99. The average Bonchev–Trinajstić information content (AvgIpc) is 2.51. The van der Waals surface area contributed by atoms with Gasteiger partial charge in [-0.1, -0.05) is 31.8 Å². The van der Waals surface area contributed by atoms with Crippen LogP contribution in [0.1, 0.15) is 73.1 Å². The van der Waals surface area contributed by atoms with Gasteiger partial charge in [0.15, 0.2) is 5.92 Å². The molecule has 0 aliphatic carbocycles. The summed E-state index contributed by atoms with van der Waals surface area (Å²) in [4.78, 5) is 36.7. The van der Waals surface area contributed by atoms with Gasteiger partial charge in [-0.2, -0.15) is 0 Å². The summed E-state index contributed by atoms with van der Waals surface area (Å²) in [7, 11) is 0. The predicted molar refractivity (Wildman–Crippen MR) is 93.5 cm³/mol. The van der Waals surface area contributed by atoms with E-state index in [0.29, 0.717) is 12.0 Å². The largest absolute Gasteiger partial charge is 0.465 e. The van der Waals surface area contributed by atoms with Gasteiger partial charge in [-0.05, 0) is 39.7 Å². The lowest BCUT2D eigenvalue weighted by Crippen LogP contribution is -2.31. The number of ether oxygens (including phenoxy) is 2. The average molecular weight is 340 g/mol. The van der Waals surface area contributed by atoms with Crippen LogP contribution in [0.15, 0.2) is 11.1 Å². The van der Waals surface area contributed by atoms with Gasteiger partial charge in [0.1, 0.15) is 5.78 Å². The van der Waals surface area contributed by atoms with Crippen molar-refractivity contribution in [2.24, 2.45) is 5.92 Å². The summed E-state index contributed by atoms with van der Waals surface area (Å²) in [6.45, 7) is 9.43. The fraction of sp³-hybridized carbons (Fsp3) is 0.737. The first-order valence-corrected chi connectivity index (χ1v) is 8.90. The van der Waals surface area contributed by atoms with Crippen molar-refractivity contribution in [3.63, 3.8) is 0 Å². The predicted octanol–water partition coefficient (Wildman–Crippen LogP) is 3.99. The van der Waals surface area contributed by atoms with Crippen LogP contribution in [-0.2, 0) is 23.9 Å². The minimum absolute atomic E-state index is 0.0425. The standard InChI is InChI=1S/C19H32O5/c1-6-9-10-11-12-15(20)13-16(14(4)5)17(18(21)23-7-2)19(22)24-8-3/h17H,6-13H2,1-5H3. The van der Waals surface area contributed by atoms with Gasteiger partial charge in [-0.15, -0.1) is 0 Å². The van der Waals surface area contributed by atoms with E-state index in [1.54, 1.807) is 27.7 Å². The SMILES string of the molecule is CCCCCCC(=O)CC(=C(C)C)C(C(=O)OCC)C(=O)OCC. The maximum absolute atomic E-state index is 12.2. The molecule has 0 spiro atoms. The van der Waals surface area contributed by atoms with E-state index in [-0.39, 0.29) is 25.4 Å². The molecule has 0 saturated carbocycles. The zero-order valence-electron chi connectivity index (χ0n) is 15.8. The first kappa shape index (κ1) is 22.4. The summed E-state index contributed by atoms with van der Waals surface area (Å²) in [6.07, 6.45) is 4.64. The highest BCUT2D eigenvalue weighted by atomic mass is 16.6. The number of hydrogen-bond acceptors (Lipinski definition) is 5. The van der Waals surface area contributed by atoms with Crippen LogP contribution in [0.2, 0.25) is 0 Å². The van der Waals surface area contributed by atoms with Crippen LogP contribution in [0, 0.1) is 5.92 Å². The lowest BCUT2D eigenvalue weighted by atomic mass is 9.89. The number of hydrogen-bond donors (Lipinski definition) is 0. The van der Waals surface area contributed by atoms with E-state index in [4.69, 9.17) is 9.47 Å². The van der Waals surface area contributed by atoms with Gasteiger partial charge in [0.05, 0.1) is 13.2 Å². The maximum atomic E-state index is 12.2. The Morgan fingerprint density at radius 3 is 1.79 bits per heavy atom. The van der Waals surface area contributed by atoms with Crippen molar-refractivity contribution < 1.29 is 23.9 Å². The van der Waals surface area contributed by atoms with Crippen LogP contribution in [0.25, 0.3) is 0 Å². The molecular weight excluding hydrogens is 308 g/mol. The van der Waals surface area contributed by atoms with Gasteiger partial charge in [-0.3, -0.25) is 14.4 Å². The van der Waals surface area contributed by atoms with Crippen LogP contribution in [0.3, 0.4) is 0 Å². The van der Waals surface area contributed by atoms with Gasteiger partial charge in [0, 0.05) is 12.8 Å². The molecule has 0 amide bonds. The Labute approximate surface area is 145 Å². The normalized spacial score (nSPS) is 10.4. The smallest absolute Gasteiger partial charge is 0.324 e. The summed E-state index contributed by atoms with van der Waals surface area (Å²) in [5.74, 6) is -2.40. The van der Waals surface area contributed by atoms with Crippen molar-refractivity contribution in [3.8, 4) is 0 Å². The van der Waals surface area contributed by atoms with Crippen LogP contribution in [0.4, 0.5) is 0 Å². The molecule has 138 valence electrons. The highest BCUT2D eigenvalue weighted by Crippen LogP contribution is 2.24. The maximum Gasteiger partial charge on any atom is 0.324 e. The van der Waals surface area contributed by atoms with Crippen molar-refractivity contribution in [1.29, 1.82) is 0 Å². The second kappa shape index (κ2) is 12.7. The van der Waals surface area contributed by atoms with Gasteiger partial charge in [-0.25, -0.2) is 0 Å². The van der Waals surface area contributed by atoms with Gasteiger partial charge in [0.25, 0.3) is 0 Å². The molecule has 0 N–H and O–H groups in total. The number of carbonyl (C=O) groups is 3. The zero-order chi connectivity index (χ0) is 18.5. The van der Waals surface area contributed by atoms with E-state index in [2.05, 4.69) is 6.92 Å². The van der Waals surface area contributed by atoms with E-state index in [0.717, 1.165) is 31.3 Å². The fourth-order valence-corrected chi connectivity index (χ4v) is 2.45. The van der Waals surface area contributed by atoms with E-state index in [1.165, 1.54) is 0 Å². The van der Waals surface area contributed by atoms with Crippen LogP contribution in [-0.4, -0.2) is 30.9 Å². The molecule has 5 nitrogen and oxygen atoms in total. The molecule has 24 heavy (non-hydrogen) atoms. The molecule has 0 aromatic rings. The summed E-state index contributed by atoms with van der Waals surface area (Å²) in [5, 5.41) is 0. The Hall–Kier alpha value is -1.65. The molecule has 0 saturated heterocycles. The van der Waals surface area contributed by atoms with Crippen molar-refractivity contribution in [3.05, 3.63) is 11.1 Å².